The lowest BCUT2D eigenvalue weighted by atomic mass is 9.99. The molecule has 4 heteroatoms. The Balaban J connectivity index is 1.17. The summed E-state index contributed by atoms with van der Waals surface area (Å²) in [5.41, 5.74) is 7.15. The monoisotopic (exact) mass is 487 g/mol. The second-order valence-corrected chi connectivity index (χ2v) is 9.71. The molecular formula is C33H29NO3. The van der Waals surface area contributed by atoms with Crippen LogP contribution in [0.3, 0.4) is 0 Å². The number of Topliss-reactive ketones (excluding diaryl/α,β-unsaturated/α-hetero) is 1. The summed E-state index contributed by atoms with van der Waals surface area (Å²) in [5.74, 6) is 1.75. The van der Waals surface area contributed by atoms with Gasteiger partial charge in [-0.3, -0.25) is 9.69 Å². The maximum absolute atomic E-state index is 13.3. The van der Waals surface area contributed by atoms with E-state index in [9.17, 15) is 4.79 Å². The molecular weight excluding hydrogens is 458 g/mol. The highest BCUT2D eigenvalue weighted by molar-refractivity contribution is 6.15. The van der Waals surface area contributed by atoms with E-state index in [0.717, 1.165) is 59.5 Å². The van der Waals surface area contributed by atoms with Gasteiger partial charge in [-0.1, -0.05) is 84.9 Å². The van der Waals surface area contributed by atoms with Crippen molar-refractivity contribution in [2.75, 3.05) is 13.3 Å². The number of hydrogen-bond acceptors (Lipinski definition) is 4. The molecule has 0 unspecified atom stereocenters. The van der Waals surface area contributed by atoms with Gasteiger partial charge in [0.2, 0.25) is 5.78 Å². The molecule has 0 N–H and O–H groups in total. The van der Waals surface area contributed by atoms with Crippen LogP contribution in [0.5, 0.6) is 11.5 Å². The Kier molecular flexibility index (Phi) is 6.33. The van der Waals surface area contributed by atoms with Gasteiger partial charge >= 0.3 is 0 Å². The Hall–Kier alpha value is -4.15. The van der Waals surface area contributed by atoms with Crippen molar-refractivity contribution < 1.29 is 14.3 Å². The lowest BCUT2D eigenvalue weighted by Gasteiger charge is -2.30. The van der Waals surface area contributed by atoms with Crippen molar-refractivity contribution in [2.24, 2.45) is 0 Å². The van der Waals surface area contributed by atoms with E-state index in [4.69, 9.17) is 9.47 Å². The van der Waals surface area contributed by atoms with Crippen LogP contribution in [0.15, 0.2) is 96.8 Å². The maximum Gasteiger partial charge on any atom is 0.231 e. The van der Waals surface area contributed by atoms with Crippen LogP contribution in [0.4, 0.5) is 0 Å². The number of benzene rings is 4. The number of nitrogens with zero attached hydrogens (tertiary/aromatic N) is 1. The highest BCUT2D eigenvalue weighted by Gasteiger charge is 2.33. The average Bonchev–Trinajstić information content (AvgIpc) is 3.25. The first kappa shape index (κ1) is 23.3. The molecule has 0 spiro atoms. The van der Waals surface area contributed by atoms with Gasteiger partial charge in [-0.2, -0.15) is 0 Å². The number of rotatable bonds is 6. The van der Waals surface area contributed by atoms with Crippen molar-refractivity contribution >= 4 is 11.9 Å². The zero-order valence-corrected chi connectivity index (χ0v) is 20.9. The molecule has 0 saturated heterocycles. The van der Waals surface area contributed by atoms with Crippen LogP contribution in [-0.4, -0.2) is 24.0 Å². The van der Waals surface area contributed by atoms with Crippen LogP contribution in [-0.2, 0) is 13.0 Å². The van der Waals surface area contributed by atoms with E-state index in [1.54, 1.807) is 0 Å². The van der Waals surface area contributed by atoms with Gasteiger partial charge in [-0.15, -0.1) is 0 Å². The van der Waals surface area contributed by atoms with E-state index in [-0.39, 0.29) is 5.78 Å². The smallest absolute Gasteiger partial charge is 0.231 e. The minimum atomic E-state index is -0.0748. The van der Waals surface area contributed by atoms with Crippen LogP contribution >= 0.6 is 0 Å². The topological polar surface area (TPSA) is 38.8 Å². The van der Waals surface area contributed by atoms with E-state index in [1.165, 1.54) is 5.56 Å². The summed E-state index contributed by atoms with van der Waals surface area (Å²) in [6.45, 7) is 4.24. The summed E-state index contributed by atoms with van der Waals surface area (Å²) in [6, 6.07) is 30.9. The Labute approximate surface area is 217 Å². The van der Waals surface area contributed by atoms with Gasteiger partial charge in [0.05, 0.1) is 5.56 Å². The van der Waals surface area contributed by atoms with Gasteiger partial charge in [-0.05, 0) is 54.2 Å². The highest BCUT2D eigenvalue weighted by Crippen LogP contribution is 2.43. The summed E-state index contributed by atoms with van der Waals surface area (Å²) >= 11 is 0. The van der Waals surface area contributed by atoms with Crippen molar-refractivity contribution in [3.8, 4) is 22.6 Å². The number of hydrogen-bond donors (Lipinski definition) is 0. The zero-order chi connectivity index (χ0) is 25.2. The summed E-state index contributed by atoms with van der Waals surface area (Å²) in [7, 11) is 0. The lowest BCUT2D eigenvalue weighted by Crippen LogP contribution is -2.33. The van der Waals surface area contributed by atoms with Gasteiger partial charge in [0.1, 0.15) is 18.2 Å². The Morgan fingerprint density at radius 1 is 0.865 bits per heavy atom. The fourth-order valence-corrected chi connectivity index (χ4v) is 5.15. The molecule has 184 valence electrons. The maximum atomic E-state index is 13.3. The molecule has 6 rings (SSSR count). The van der Waals surface area contributed by atoms with Gasteiger partial charge in [0.25, 0.3) is 0 Å². The first-order valence-corrected chi connectivity index (χ1v) is 12.8. The number of aryl methyl sites for hydroxylation is 1. The van der Waals surface area contributed by atoms with Crippen molar-refractivity contribution in [3.63, 3.8) is 0 Å². The molecule has 2 heterocycles. The third-order valence-corrected chi connectivity index (χ3v) is 7.10. The number of allylic oxidation sites excluding steroid dienone is 1. The Morgan fingerprint density at radius 2 is 1.57 bits per heavy atom. The number of carbonyl (C=O) groups is 1. The molecule has 37 heavy (non-hydrogen) atoms. The molecule has 0 radical (unpaired) electrons. The van der Waals surface area contributed by atoms with Crippen LogP contribution in [0, 0.1) is 6.92 Å². The van der Waals surface area contributed by atoms with Gasteiger partial charge in [-0.25, -0.2) is 0 Å². The number of ether oxygens (including phenoxy) is 2. The normalized spacial score (nSPS) is 15.7. The van der Waals surface area contributed by atoms with E-state index in [1.807, 2.05) is 55.5 Å². The fraction of sp³-hybridized carbons (Fsp3) is 0.182. The molecule has 4 aromatic carbocycles. The van der Waals surface area contributed by atoms with Gasteiger partial charge < -0.3 is 9.47 Å². The molecule has 0 amide bonds. The van der Waals surface area contributed by atoms with E-state index < -0.39 is 0 Å². The summed E-state index contributed by atoms with van der Waals surface area (Å²) in [6.07, 6.45) is 3.93. The quantitative estimate of drug-likeness (QED) is 0.273. The lowest BCUT2D eigenvalue weighted by molar-refractivity contribution is 0.0932. The summed E-state index contributed by atoms with van der Waals surface area (Å²) in [4.78, 5) is 15.6. The molecule has 2 aliphatic heterocycles. The van der Waals surface area contributed by atoms with E-state index in [2.05, 4.69) is 53.4 Å². The van der Waals surface area contributed by atoms with Crippen molar-refractivity contribution in [2.45, 2.75) is 26.3 Å². The third kappa shape index (κ3) is 4.81. The summed E-state index contributed by atoms with van der Waals surface area (Å²) in [5, 5.41) is 0. The van der Waals surface area contributed by atoms with Crippen LogP contribution in [0.2, 0.25) is 0 Å². The molecule has 0 atom stereocenters. The standard InChI is InChI=1S/C33H29NO3/c1-23-32-28(21-34(22-36-32)18-8-11-24-9-4-2-5-10-24)20-29-31(35)30(37-33(23)29)19-25-14-16-27(17-15-25)26-12-6-3-7-13-26/h2-7,9-10,12-17,19-20H,8,11,18,21-22H2,1H3/b30-19-. The molecule has 4 nitrogen and oxygen atoms in total. The number of ketones is 1. The predicted molar refractivity (Wildman–Crippen MR) is 147 cm³/mol. The van der Waals surface area contributed by atoms with Crippen LogP contribution in [0.1, 0.15) is 39.0 Å². The van der Waals surface area contributed by atoms with E-state index in [0.29, 0.717) is 23.8 Å². The molecule has 2 aliphatic rings. The number of fused-ring (bicyclic) bond motifs is 2. The second-order valence-electron chi connectivity index (χ2n) is 9.71. The molecule has 0 aromatic heterocycles. The minimum absolute atomic E-state index is 0.0748. The minimum Gasteiger partial charge on any atom is -0.477 e. The van der Waals surface area contributed by atoms with Gasteiger partial charge in [0.15, 0.2) is 5.76 Å². The largest absolute Gasteiger partial charge is 0.477 e. The summed E-state index contributed by atoms with van der Waals surface area (Å²) < 4.78 is 12.2. The fourth-order valence-electron chi connectivity index (χ4n) is 5.15. The predicted octanol–water partition coefficient (Wildman–Crippen LogP) is 7.06. The van der Waals surface area contributed by atoms with E-state index >= 15 is 0 Å². The van der Waals surface area contributed by atoms with Crippen molar-refractivity contribution in [3.05, 3.63) is 125 Å². The van der Waals surface area contributed by atoms with Crippen molar-refractivity contribution in [1.29, 1.82) is 0 Å². The van der Waals surface area contributed by atoms with Crippen molar-refractivity contribution in [1.82, 2.24) is 4.90 Å². The molecule has 4 aromatic rings. The molecule has 0 saturated carbocycles. The molecule has 0 fully saturated rings. The van der Waals surface area contributed by atoms with Crippen LogP contribution in [0.25, 0.3) is 17.2 Å². The second kappa shape index (κ2) is 10.1. The SMILES string of the molecule is Cc1c2c(cc3c1O/C(=C\c1ccc(-c4ccccc4)cc1)C3=O)CN(CCCc1ccccc1)CO2. The zero-order valence-electron chi connectivity index (χ0n) is 20.9. The third-order valence-electron chi connectivity index (χ3n) is 7.10. The highest BCUT2D eigenvalue weighted by atomic mass is 16.5. The molecule has 0 aliphatic carbocycles. The Morgan fingerprint density at radius 3 is 2.32 bits per heavy atom. The van der Waals surface area contributed by atoms with Gasteiger partial charge in [0, 0.05) is 24.2 Å². The average molecular weight is 488 g/mol. The number of carbonyl (C=O) groups excluding carboxylic acids is 1. The first-order valence-electron chi connectivity index (χ1n) is 12.8. The molecule has 0 bridgehead atoms. The first-order chi connectivity index (χ1) is 18.2. The Bertz CT molecular complexity index is 1460. The van der Waals surface area contributed by atoms with Crippen LogP contribution < -0.4 is 9.47 Å².